The van der Waals surface area contributed by atoms with E-state index in [4.69, 9.17) is 9.47 Å². The van der Waals surface area contributed by atoms with E-state index in [2.05, 4.69) is 12.2 Å². The maximum atomic E-state index is 5.38. The fourth-order valence-corrected chi connectivity index (χ4v) is 2.06. The minimum absolute atomic E-state index is 0.796. The molecule has 16 heavy (non-hydrogen) atoms. The van der Waals surface area contributed by atoms with Gasteiger partial charge in [-0.25, -0.2) is 0 Å². The minimum atomic E-state index is 0.796. The number of hydrogen-bond acceptors (Lipinski definition) is 4. The molecule has 0 bridgehead atoms. The van der Waals surface area contributed by atoms with Crippen LogP contribution in [0, 0.1) is 0 Å². The van der Waals surface area contributed by atoms with E-state index < -0.39 is 0 Å². The molecule has 0 aliphatic carbocycles. The van der Waals surface area contributed by atoms with E-state index in [1.807, 2.05) is 18.4 Å². The summed E-state index contributed by atoms with van der Waals surface area (Å²) in [6.07, 6.45) is 2.03. The summed E-state index contributed by atoms with van der Waals surface area (Å²) in [6, 6.07) is 4.06. The zero-order valence-electron chi connectivity index (χ0n) is 10.3. The third kappa shape index (κ3) is 3.06. The molecule has 0 saturated carbocycles. The molecule has 0 amide bonds. The van der Waals surface area contributed by atoms with Crippen molar-refractivity contribution in [3.8, 4) is 11.5 Å². The summed E-state index contributed by atoms with van der Waals surface area (Å²) >= 11 is 1.66. The van der Waals surface area contributed by atoms with Crippen LogP contribution in [-0.4, -0.2) is 27.0 Å². The zero-order valence-corrected chi connectivity index (χ0v) is 11.1. The monoisotopic (exact) mass is 241 g/mol. The van der Waals surface area contributed by atoms with Gasteiger partial charge in [0.15, 0.2) is 0 Å². The van der Waals surface area contributed by atoms with E-state index in [1.165, 1.54) is 0 Å². The van der Waals surface area contributed by atoms with Crippen LogP contribution in [0.4, 0.5) is 0 Å². The summed E-state index contributed by atoms with van der Waals surface area (Å²) in [5.74, 6) is 1.81. The molecule has 0 heterocycles. The molecule has 0 unspecified atom stereocenters. The van der Waals surface area contributed by atoms with Crippen molar-refractivity contribution in [1.82, 2.24) is 5.32 Å². The quantitative estimate of drug-likeness (QED) is 0.775. The Balaban J connectivity index is 3.05. The molecule has 0 aliphatic heterocycles. The van der Waals surface area contributed by atoms with Gasteiger partial charge in [0, 0.05) is 12.1 Å². The summed E-state index contributed by atoms with van der Waals surface area (Å²) in [4.78, 5) is 1.10. The van der Waals surface area contributed by atoms with E-state index in [9.17, 15) is 0 Å². The van der Waals surface area contributed by atoms with E-state index in [0.29, 0.717) is 0 Å². The molecule has 0 spiro atoms. The lowest BCUT2D eigenvalue weighted by molar-refractivity contribution is 0.389. The number of thioether (sulfide) groups is 1. The van der Waals surface area contributed by atoms with Crippen molar-refractivity contribution >= 4 is 11.8 Å². The normalized spacial score (nSPS) is 10.2. The van der Waals surface area contributed by atoms with Crippen molar-refractivity contribution < 1.29 is 9.47 Å². The maximum absolute atomic E-state index is 5.38. The van der Waals surface area contributed by atoms with E-state index in [0.717, 1.165) is 35.0 Å². The smallest absolute Gasteiger partial charge is 0.132 e. The first-order valence-electron chi connectivity index (χ1n) is 5.26. The SMILES string of the molecule is CCNCc1cc(OC)c(SC)cc1OC. The standard InChI is InChI=1S/C12H19NO2S/c1-5-13-8-9-6-11(15-3)12(16-4)7-10(9)14-2/h6-7,13H,5,8H2,1-4H3. The number of benzene rings is 1. The first kappa shape index (κ1) is 13.2. The second-order valence-electron chi connectivity index (χ2n) is 3.30. The number of methoxy groups -OCH3 is 2. The second-order valence-corrected chi connectivity index (χ2v) is 4.15. The lowest BCUT2D eigenvalue weighted by atomic mass is 10.2. The Morgan fingerprint density at radius 1 is 1.19 bits per heavy atom. The highest BCUT2D eigenvalue weighted by atomic mass is 32.2. The van der Waals surface area contributed by atoms with Gasteiger partial charge in [0.05, 0.1) is 19.1 Å². The molecule has 0 aromatic heterocycles. The molecule has 1 N–H and O–H groups in total. The number of hydrogen-bond donors (Lipinski definition) is 1. The van der Waals surface area contributed by atoms with Crippen molar-refractivity contribution in [2.24, 2.45) is 0 Å². The van der Waals surface area contributed by atoms with Crippen molar-refractivity contribution in [3.05, 3.63) is 17.7 Å². The Morgan fingerprint density at radius 3 is 2.38 bits per heavy atom. The van der Waals surface area contributed by atoms with Crippen molar-refractivity contribution in [2.75, 3.05) is 27.0 Å². The van der Waals surface area contributed by atoms with Gasteiger partial charge in [-0.3, -0.25) is 0 Å². The summed E-state index contributed by atoms with van der Waals surface area (Å²) in [5.41, 5.74) is 1.12. The van der Waals surface area contributed by atoms with Crippen molar-refractivity contribution in [2.45, 2.75) is 18.4 Å². The lowest BCUT2D eigenvalue weighted by Crippen LogP contribution is -2.12. The molecule has 4 heteroatoms. The molecule has 0 radical (unpaired) electrons. The van der Waals surface area contributed by atoms with Crippen LogP contribution in [0.5, 0.6) is 11.5 Å². The Bertz CT molecular complexity index is 342. The van der Waals surface area contributed by atoms with Crippen LogP contribution in [0.15, 0.2) is 17.0 Å². The Labute approximate surface area is 102 Å². The minimum Gasteiger partial charge on any atom is -0.496 e. The van der Waals surface area contributed by atoms with E-state index in [-0.39, 0.29) is 0 Å². The van der Waals surface area contributed by atoms with Crippen LogP contribution in [0.3, 0.4) is 0 Å². The molecule has 0 aliphatic rings. The topological polar surface area (TPSA) is 30.5 Å². The highest BCUT2D eigenvalue weighted by Crippen LogP contribution is 2.34. The first-order chi connectivity index (χ1) is 7.76. The van der Waals surface area contributed by atoms with Crippen LogP contribution in [-0.2, 0) is 6.54 Å². The van der Waals surface area contributed by atoms with Gasteiger partial charge in [0.2, 0.25) is 0 Å². The molecule has 0 atom stereocenters. The van der Waals surface area contributed by atoms with Gasteiger partial charge >= 0.3 is 0 Å². The Hall–Kier alpha value is -0.870. The van der Waals surface area contributed by atoms with Gasteiger partial charge in [0.1, 0.15) is 11.5 Å². The predicted molar refractivity (Wildman–Crippen MR) is 68.7 cm³/mol. The highest BCUT2D eigenvalue weighted by molar-refractivity contribution is 7.98. The summed E-state index contributed by atoms with van der Waals surface area (Å²) in [6.45, 7) is 3.82. The molecule has 0 fully saturated rings. The van der Waals surface area contributed by atoms with Crippen LogP contribution < -0.4 is 14.8 Å². The van der Waals surface area contributed by atoms with Crippen molar-refractivity contribution in [3.63, 3.8) is 0 Å². The predicted octanol–water partition coefficient (Wildman–Crippen LogP) is 2.54. The second kappa shape index (κ2) is 6.66. The fourth-order valence-electron chi connectivity index (χ4n) is 1.49. The molecular weight excluding hydrogens is 222 g/mol. The molecule has 3 nitrogen and oxygen atoms in total. The van der Waals surface area contributed by atoms with Gasteiger partial charge in [-0.1, -0.05) is 6.92 Å². The Kier molecular flexibility index (Phi) is 5.49. The lowest BCUT2D eigenvalue weighted by Gasteiger charge is -2.13. The Morgan fingerprint density at radius 2 is 1.88 bits per heavy atom. The summed E-state index contributed by atoms with van der Waals surface area (Å²) in [5, 5.41) is 3.29. The fraction of sp³-hybridized carbons (Fsp3) is 0.500. The molecule has 0 saturated heterocycles. The third-order valence-electron chi connectivity index (χ3n) is 2.35. The van der Waals surface area contributed by atoms with E-state index in [1.54, 1.807) is 26.0 Å². The zero-order chi connectivity index (χ0) is 12.0. The first-order valence-corrected chi connectivity index (χ1v) is 6.48. The summed E-state index contributed by atoms with van der Waals surface area (Å²) in [7, 11) is 3.39. The van der Waals surface area contributed by atoms with Crippen LogP contribution in [0.2, 0.25) is 0 Å². The number of ether oxygens (including phenoxy) is 2. The molecule has 1 aromatic carbocycles. The maximum Gasteiger partial charge on any atom is 0.132 e. The van der Waals surface area contributed by atoms with Gasteiger partial charge in [-0.2, -0.15) is 0 Å². The van der Waals surface area contributed by atoms with E-state index >= 15 is 0 Å². The van der Waals surface area contributed by atoms with Crippen LogP contribution >= 0.6 is 11.8 Å². The number of nitrogens with one attached hydrogen (secondary N) is 1. The van der Waals surface area contributed by atoms with Gasteiger partial charge in [0.25, 0.3) is 0 Å². The average molecular weight is 241 g/mol. The van der Waals surface area contributed by atoms with Gasteiger partial charge < -0.3 is 14.8 Å². The molecular formula is C12H19NO2S. The molecule has 1 rings (SSSR count). The average Bonchev–Trinajstić information content (AvgIpc) is 2.35. The number of rotatable bonds is 6. The highest BCUT2D eigenvalue weighted by Gasteiger charge is 2.09. The van der Waals surface area contributed by atoms with Crippen LogP contribution in [0.25, 0.3) is 0 Å². The van der Waals surface area contributed by atoms with Gasteiger partial charge in [-0.15, -0.1) is 11.8 Å². The summed E-state index contributed by atoms with van der Waals surface area (Å²) < 4.78 is 10.7. The molecule has 1 aromatic rings. The largest absolute Gasteiger partial charge is 0.496 e. The van der Waals surface area contributed by atoms with Crippen LogP contribution in [0.1, 0.15) is 12.5 Å². The third-order valence-corrected chi connectivity index (χ3v) is 3.11. The van der Waals surface area contributed by atoms with Gasteiger partial charge in [-0.05, 0) is 24.9 Å². The van der Waals surface area contributed by atoms with Crippen molar-refractivity contribution in [1.29, 1.82) is 0 Å². The molecule has 90 valence electrons.